The molecule has 4 rings (SSSR count). The van der Waals surface area contributed by atoms with E-state index in [1.54, 1.807) is 25.1 Å². The summed E-state index contributed by atoms with van der Waals surface area (Å²) in [5.41, 5.74) is 2.54. The zero-order valence-corrected chi connectivity index (χ0v) is 20.8. The average molecular weight is 512 g/mol. The van der Waals surface area contributed by atoms with Crippen LogP contribution in [0, 0.1) is 0 Å². The van der Waals surface area contributed by atoms with Gasteiger partial charge < -0.3 is 9.63 Å². The van der Waals surface area contributed by atoms with Crippen LogP contribution in [0.2, 0.25) is 0 Å². The molecule has 1 unspecified atom stereocenters. The third-order valence-corrected chi connectivity index (χ3v) is 6.59. The maximum atomic E-state index is 14.0. The molecule has 1 aliphatic rings. The lowest BCUT2D eigenvalue weighted by molar-refractivity contribution is -0.142. The fraction of sp³-hybridized carbons (Fsp3) is 0.321. The fourth-order valence-electron chi connectivity index (χ4n) is 4.40. The Kier molecular flexibility index (Phi) is 7.63. The summed E-state index contributed by atoms with van der Waals surface area (Å²) in [7, 11) is 0. The summed E-state index contributed by atoms with van der Waals surface area (Å²) in [6.07, 6.45) is 0.764. The summed E-state index contributed by atoms with van der Waals surface area (Å²) in [6, 6.07) is 10.7. The highest BCUT2D eigenvalue weighted by Crippen LogP contribution is 2.40. The minimum absolute atomic E-state index is 0.00606. The van der Waals surface area contributed by atoms with Gasteiger partial charge in [-0.05, 0) is 67.6 Å². The molecule has 0 spiro atoms. The van der Waals surface area contributed by atoms with Gasteiger partial charge in [-0.25, -0.2) is 0 Å². The van der Waals surface area contributed by atoms with Gasteiger partial charge in [-0.2, -0.15) is 18.2 Å². The molecule has 1 aromatic heterocycles. The van der Waals surface area contributed by atoms with Gasteiger partial charge in [0.1, 0.15) is 6.04 Å². The lowest BCUT2D eigenvalue weighted by Gasteiger charge is -2.24. The van der Waals surface area contributed by atoms with Crippen LogP contribution in [-0.2, 0) is 17.5 Å². The second kappa shape index (κ2) is 10.7. The van der Waals surface area contributed by atoms with Crippen molar-refractivity contribution in [2.45, 2.75) is 52.4 Å². The number of hydrogen-bond acceptors (Lipinski definition) is 5. The quantitative estimate of drug-likeness (QED) is 0.357. The summed E-state index contributed by atoms with van der Waals surface area (Å²) >= 11 is 0. The van der Waals surface area contributed by atoms with Gasteiger partial charge in [0, 0.05) is 17.7 Å². The van der Waals surface area contributed by atoms with Crippen LogP contribution in [0.4, 0.5) is 13.2 Å². The standard InChI is InChI=1S/C28H28F3N3O3/c1-4-34(18(3)27(35)36)16-19-9-11-20(12-10-19)25-32-26(37-33-25)21-13-14-23(24(15-21)28(29,30)31)22-8-6-5-7-17(22)2/h7-15,18H,4-6,16H2,1-3H3,(H,35,36). The summed E-state index contributed by atoms with van der Waals surface area (Å²) in [4.78, 5) is 17.5. The number of hydrogen-bond donors (Lipinski definition) is 1. The van der Waals surface area contributed by atoms with Gasteiger partial charge in [-0.3, -0.25) is 9.69 Å². The molecular weight excluding hydrogens is 483 g/mol. The van der Waals surface area contributed by atoms with Crippen LogP contribution in [0.5, 0.6) is 0 Å². The minimum atomic E-state index is -4.55. The number of nitrogens with zero attached hydrogens (tertiary/aromatic N) is 3. The molecular formula is C28H28F3N3O3. The number of likely N-dealkylation sites (N-methyl/N-ethyl adjacent to an activating group) is 1. The van der Waals surface area contributed by atoms with Crippen molar-refractivity contribution in [3.8, 4) is 22.8 Å². The van der Waals surface area contributed by atoms with Crippen molar-refractivity contribution >= 4 is 11.5 Å². The first-order valence-electron chi connectivity index (χ1n) is 12.1. The molecule has 0 saturated carbocycles. The Bertz CT molecular complexity index is 1340. The number of rotatable bonds is 8. The average Bonchev–Trinajstić information content (AvgIpc) is 3.37. The largest absolute Gasteiger partial charge is 0.480 e. The highest BCUT2D eigenvalue weighted by molar-refractivity contribution is 5.82. The molecule has 0 amide bonds. The molecule has 37 heavy (non-hydrogen) atoms. The van der Waals surface area contributed by atoms with E-state index >= 15 is 0 Å². The van der Waals surface area contributed by atoms with Gasteiger partial charge in [0.2, 0.25) is 5.82 Å². The number of aromatic nitrogens is 2. The number of carboxylic acid groups (broad SMARTS) is 1. The molecule has 194 valence electrons. The number of benzene rings is 2. The van der Waals surface area contributed by atoms with Gasteiger partial charge >= 0.3 is 12.1 Å². The first-order chi connectivity index (χ1) is 17.6. The molecule has 1 atom stereocenters. The van der Waals surface area contributed by atoms with Crippen molar-refractivity contribution < 1.29 is 27.6 Å². The summed E-state index contributed by atoms with van der Waals surface area (Å²) in [6.45, 7) is 6.40. The Morgan fingerprint density at radius 2 is 1.78 bits per heavy atom. The van der Waals surface area contributed by atoms with E-state index in [1.807, 2.05) is 43.0 Å². The predicted molar refractivity (Wildman–Crippen MR) is 134 cm³/mol. The van der Waals surface area contributed by atoms with Crippen LogP contribution < -0.4 is 0 Å². The van der Waals surface area contributed by atoms with Crippen molar-refractivity contribution in [2.75, 3.05) is 6.54 Å². The number of allylic oxidation sites excluding steroid dienone is 4. The Hall–Kier alpha value is -3.72. The molecule has 0 saturated heterocycles. The monoisotopic (exact) mass is 511 g/mol. The van der Waals surface area contributed by atoms with Gasteiger partial charge in [-0.15, -0.1) is 0 Å². The third-order valence-electron chi connectivity index (χ3n) is 6.59. The van der Waals surface area contributed by atoms with E-state index in [0.29, 0.717) is 30.6 Å². The Morgan fingerprint density at radius 3 is 2.41 bits per heavy atom. The number of carbonyl (C=O) groups is 1. The first-order valence-corrected chi connectivity index (χ1v) is 12.1. The maximum absolute atomic E-state index is 14.0. The summed E-state index contributed by atoms with van der Waals surface area (Å²) < 4.78 is 47.3. The van der Waals surface area contributed by atoms with Crippen LogP contribution >= 0.6 is 0 Å². The molecule has 0 bridgehead atoms. The van der Waals surface area contributed by atoms with Crippen LogP contribution in [0.25, 0.3) is 28.4 Å². The zero-order chi connectivity index (χ0) is 26.7. The van der Waals surface area contributed by atoms with Crippen molar-refractivity contribution in [1.29, 1.82) is 0 Å². The number of aliphatic carboxylic acids is 1. The number of halogens is 3. The van der Waals surface area contributed by atoms with E-state index in [0.717, 1.165) is 23.6 Å². The van der Waals surface area contributed by atoms with E-state index in [1.165, 1.54) is 6.07 Å². The van der Waals surface area contributed by atoms with Crippen LogP contribution in [0.15, 0.2) is 64.7 Å². The fourth-order valence-corrected chi connectivity index (χ4v) is 4.40. The van der Waals surface area contributed by atoms with Crippen molar-refractivity contribution in [2.24, 2.45) is 0 Å². The van der Waals surface area contributed by atoms with E-state index < -0.39 is 23.8 Å². The highest BCUT2D eigenvalue weighted by Gasteiger charge is 2.35. The first kappa shape index (κ1) is 26.3. The maximum Gasteiger partial charge on any atom is 0.417 e. The minimum Gasteiger partial charge on any atom is -0.480 e. The smallest absolute Gasteiger partial charge is 0.417 e. The second-order valence-corrected chi connectivity index (χ2v) is 9.04. The third kappa shape index (κ3) is 5.83. The lowest BCUT2D eigenvalue weighted by Crippen LogP contribution is -2.38. The van der Waals surface area contributed by atoms with Crippen molar-refractivity contribution in [3.63, 3.8) is 0 Å². The SMILES string of the molecule is CCN(Cc1ccc(-c2noc(-c3ccc(C4=CCCC=C4C)c(C(F)(F)F)c3)n2)cc1)C(C)C(=O)O. The van der Waals surface area contributed by atoms with Gasteiger partial charge in [-0.1, -0.05) is 54.6 Å². The van der Waals surface area contributed by atoms with Crippen LogP contribution in [-0.4, -0.2) is 38.7 Å². The molecule has 1 heterocycles. The van der Waals surface area contributed by atoms with Gasteiger partial charge in [0.05, 0.1) is 5.56 Å². The van der Waals surface area contributed by atoms with Gasteiger partial charge in [0.15, 0.2) is 0 Å². The molecule has 3 aromatic rings. The second-order valence-electron chi connectivity index (χ2n) is 9.04. The predicted octanol–water partition coefficient (Wildman–Crippen LogP) is 6.84. The Balaban J connectivity index is 1.58. The highest BCUT2D eigenvalue weighted by atomic mass is 19.4. The Labute approximate surface area is 213 Å². The molecule has 0 aliphatic heterocycles. The molecule has 1 N–H and O–H groups in total. The van der Waals surface area contributed by atoms with E-state index in [2.05, 4.69) is 10.1 Å². The molecule has 1 aliphatic carbocycles. The van der Waals surface area contributed by atoms with Crippen LogP contribution in [0.1, 0.15) is 50.3 Å². The molecule has 9 heteroatoms. The zero-order valence-electron chi connectivity index (χ0n) is 20.8. The van der Waals surface area contributed by atoms with E-state index in [-0.39, 0.29) is 22.8 Å². The van der Waals surface area contributed by atoms with E-state index in [4.69, 9.17) is 4.52 Å². The van der Waals surface area contributed by atoms with Crippen molar-refractivity contribution in [1.82, 2.24) is 15.0 Å². The molecule has 0 radical (unpaired) electrons. The van der Waals surface area contributed by atoms with Gasteiger partial charge in [0.25, 0.3) is 5.89 Å². The molecule has 0 fully saturated rings. The number of alkyl halides is 3. The summed E-state index contributed by atoms with van der Waals surface area (Å²) in [5, 5.41) is 13.2. The topological polar surface area (TPSA) is 79.5 Å². The lowest BCUT2D eigenvalue weighted by atomic mass is 9.89. The summed E-state index contributed by atoms with van der Waals surface area (Å²) in [5.74, 6) is -0.644. The van der Waals surface area contributed by atoms with Crippen LogP contribution in [0.3, 0.4) is 0 Å². The van der Waals surface area contributed by atoms with Crippen molar-refractivity contribution in [3.05, 3.63) is 76.9 Å². The molecule has 6 nitrogen and oxygen atoms in total. The number of carboxylic acids is 1. The normalized spacial score (nSPS) is 14.9. The van der Waals surface area contributed by atoms with E-state index in [9.17, 15) is 23.1 Å². The Morgan fingerprint density at radius 1 is 1.11 bits per heavy atom. The molecule has 2 aromatic carbocycles.